The number of carbonyl (C=O) groups excluding carboxylic acids is 1. The Morgan fingerprint density at radius 1 is 1.29 bits per heavy atom. The molecule has 1 amide bonds. The second kappa shape index (κ2) is 9.96. The zero-order valence-corrected chi connectivity index (χ0v) is 16.9. The molecule has 3 saturated heterocycles. The molecule has 0 spiro atoms. The minimum Gasteiger partial charge on any atom is -0.475 e. The third-order valence-electron chi connectivity index (χ3n) is 5.95. The minimum absolute atomic E-state index is 0.0286. The molecule has 0 radical (unpaired) electrons. The topological polar surface area (TPSA) is 114 Å². The minimum atomic E-state index is -5.08. The number of hydrogen-bond acceptors (Lipinski definition) is 7. The van der Waals surface area contributed by atoms with E-state index in [1.165, 1.54) is 6.20 Å². The Kier molecular flexibility index (Phi) is 7.55. The number of halogens is 3. The maximum Gasteiger partial charge on any atom is 0.490 e. The number of nitrogens with zero attached hydrogens (tertiary/aromatic N) is 2. The molecule has 174 valence electrons. The Hall–Kier alpha value is -2.18. The van der Waals surface area contributed by atoms with E-state index >= 15 is 0 Å². The number of rotatable bonds is 5. The highest BCUT2D eigenvalue weighted by Crippen LogP contribution is 2.41. The lowest BCUT2D eigenvalue weighted by Gasteiger charge is -2.30. The van der Waals surface area contributed by atoms with Crippen molar-refractivity contribution in [3.8, 4) is 0 Å². The molecule has 2 N–H and O–H groups in total. The summed E-state index contributed by atoms with van der Waals surface area (Å²) in [4.78, 5) is 23.6. The fourth-order valence-electron chi connectivity index (χ4n) is 4.30. The van der Waals surface area contributed by atoms with E-state index in [1.807, 2.05) is 0 Å². The standard InChI is InChI=1S/C17H25N3O4.C2HF3O2/c21-16(15-1-4-19-24-15)18-10-17-11-20(8-14(17)9-23-12-17)7-13-2-5-22-6-3-13;3-2(4,5)1(6)7/h1,4,13-14H,2-3,5-12H2,(H,18,21);(H,6,7)/t14-,17+;/m1./s1. The van der Waals surface area contributed by atoms with Crippen molar-refractivity contribution in [2.75, 3.05) is 52.6 Å². The Labute approximate surface area is 176 Å². The highest BCUT2D eigenvalue weighted by molar-refractivity contribution is 5.91. The summed E-state index contributed by atoms with van der Waals surface area (Å²) < 4.78 is 47.9. The highest BCUT2D eigenvalue weighted by Gasteiger charge is 2.50. The summed E-state index contributed by atoms with van der Waals surface area (Å²) in [5.74, 6) is -1.46. The van der Waals surface area contributed by atoms with Gasteiger partial charge < -0.3 is 29.3 Å². The van der Waals surface area contributed by atoms with Gasteiger partial charge in [0.25, 0.3) is 5.91 Å². The quantitative estimate of drug-likeness (QED) is 0.694. The third-order valence-corrected chi connectivity index (χ3v) is 5.95. The first-order valence-electron chi connectivity index (χ1n) is 10.1. The van der Waals surface area contributed by atoms with Gasteiger partial charge in [-0.25, -0.2) is 4.79 Å². The molecule has 0 aromatic carbocycles. The Morgan fingerprint density at radius 3 is 2.61 bits per heavy atom. The van der Waals surface area contributed by atoms with E-state index in [2.05, 4.69) is 15.4 Å². The van der Waals surface area contributed by atoms with E-state index in [4.69, 9.17) is 23.9 Å². The second-order valence-electron chi connectivity index (χ2n) is 8.19. The molecule has 0 unspecified atom stereocenters. The lowest BCUT2D eigenvalue weighted by molar-refractivity contribution is -0.192. The molecular weight excluding hydrogens is 423 g/mol. The first-order valence-corrected chi connectivity index (χ1v) is 10.1. The van der Waals surface area contributed by atoms with Crippen molar-refractivity contribution in [1.29, 1.82) is 0 Å². The molecule has 31 heavy (non-hydrogen) atoms. The van der Waals surface area contributed by atoms with Gasteiger partial charge in [-0.1, -0.05) is 5.16 Å². The number of carbonyl (C=O) groups is 2. The van der Waals surface area contributed by atoms with E-state index in [9.17, 15) is 18.0 Å². The highest BCUT2D eigenvalue weighted by atomic mass is 19.4. The van der Waals surface area contributed by atoms with E-state index < -0.39 is 12.1 Å². The van der Waals surface area contributed by atoms with Gasteiger partial charge in [-0.2, -0.15) is 13.2 Å². The van der Waals surface area contributed by atoms with Crippen LogP contribution in [0.3, 0.4) is 0 Å². The first-order chi connectivity index (χ1) is 14.7. The average Bonchev–Trinajstić information content (AvgIpc) is 3.43. The predicted molar refractivity (Wildman–Crippen MR) is 99.3 cm³/mol. The van der Waals surface area contributed by atoms with Crippen LogP contribution in [0.15, 0.2) is 16.8 Å². The van der Waals surface area contributed by atoms with E-state index in [-0.39, 0.29) is 17.1 Å². The number of aromatic nitrogens is 1. The van der Waals surface area contributed by atoms with Gasteiger partial charge in [0, 0.05) is 56.8 Å². The third kappa shape index (κ3) is 6.17. The van der Waals surface area contributed by atoms with E-state index in [0.29, 0.717) is 12.5 Å². The molecular formula is C19H26F3N3O6. The van der Waals surface area contributed by atoms with Crippen LogP contribution in [0.1, 0.15) is 23.4 Å². The molecule has 9 nitrogen and oxygen atoms in total. The van der Waals surface area contributed by atoms with Crippen molar-refractivity contribution >= 4 is 11.9 Å². The molecule has 3 aliphatic rings. The maximum atomic E-state index is 12.1. The lowest BCUT2D eigenvalue weighted by atomic mass is 9.81. The van der Waals surface area contributed by atoms with Crippen LogP contribution < -0.4 is 5.32 Å². The van der Waals surface area contributed by atoms with Crippen molar-refractivity contribution in [3.63, 3.8) is 0 Å². The molecule has 0 bridgehead atoms. The Morgan fingerprint density at radius 2 is 2.00 bits per heavy atom. The zero-order chi connectivity index (χ0) is 22.5. The lowest BCUT2D eigenvalue weighted by Crippen LogP contribution is -2.43. The van der Waals surface area contributed by atoms with Gasteiger partial charge >= 0.3 is 12.1 Å². The summed E-state index contributed by atoms with van der Waals surface area (Å²) in [5.41, 5.74) is 0.0286. The molecule has 2 atom stereocenters. The zero-order valence-electron chi connectivity index (χ0n) is 16.9. The van der Waals surface area contributed by atoms with Gasteiger partial charge in [-0.3, -0.25) is 4.79 Å². The predicted octanol–water partition coefficient (Wildman–Crippen LogP) is 1.41. The monoisotopic (exact) mass is 449 g/mol. The van der Waals surface area contributed by atoms with Crippen LogP contribution in [0.2, 0.25) is 0 Å². The number of carboxylic acid groups (broad SMARTS) is 1. The molecule has 3 aliphatic heterocycles. The van der Waals surface area contributed by atoms with Gasteiger partial charge in [0.15, 0.2) is 0 Å². The largest absolute Gasteiger partial charge is 0.490 e. The molecule has 1 aromatic heterocycles. The van der Waals surface area contributed by atoms with Crippen LogP contribution in [-0.4, -0.2) is 85.8 Å². The fourth-order valence-corrected chi connectivity index (χ4v) is 4.30. The van der Waals surface area contributed by atoms with Gasteiger partial charge in [0.2, 0.25) is 5.76 Å². The van der Waals surface area contributed by atoms with Crippen LogP contribution >= 0.6 is 0 Å². The van der Waals surface area contributed by atoms with Crippen LogP contribution in [0.25, 0.3) is 0 Å². The summed E-state index contributed by atoms with van der Waals surface area (Å²) in [6.45, 7) is 7.12. The van der Waals surface area contributed by atoms with Crippen molar-refractivity contribution in [1.82, 2.24) is 15.4 Å². The number of carboxylic acids is 1. The number of aliphatic carboxylic acids is 1. The summed E-state index contributed by atoms with van der Waals surface area (Å²) in [7, 11) is 0. The van der Waals surface area contributed by atoms with Crippen LogP contribution in [-0.2, 0) is 14.3 Å². The molecule has 12 heteroatoms. The van der Waals surface area contributed by atoms with Crippen molar-refractivity contribution in [2.45, 2.75) is 19.0 Å². The number of likely N-dealkylation sites (tertiary alicyclic amines) is 1. The maximum absolute atomic E-state index is 12.1. The summed E-state index contributed by atoms with van der Waals surface area (Å²) in [6, 6.07) is 1.59. The van der Waals surface area contributed by atoms with Gasteiger partial charge in [-0.05, 0) is 18.8 Å². The van der Waals surface area contributed by atoms with Gasteiger partial charge in [0.1, 0.15) is 0 Å². The number of fused-ring (bicyclic) bond motifs is 1. The normalized spacial score (nSPS) is 26.7. The summed E-state index contributed by atoms with van der Waals surface area (Å²) >= 11 is 0. The van der Waals surface area contributed by atoms with E-state index in [1.54, 1.807) is 6.07 Å². The second-order valence-corrected chi connectivity index (χ2v) is 8.19. The van der Waals surface area contributed by atoms with Crippen molar-refractivity contribution < 1.29 is 41.9 Å². The molecule has 0 saturated carbocycles. The SMILES string of the molecule is O=C(NC[C@]12COC[C@H]1CN(CC1CCOCC1)C2)c1ccno1.O=C(O)C(F)(F)F. The smallest absolute Gasteiger partial charge is 0.475 e. The molecule has 1 aromatic rings. The molecule has 4 rings (SSSR count). The van der Waals surface area contributed by atoms with Crippen LogP contribution in [0.5, 0.6) is 0 Å². The molecule has 3 fully saturated rings. The average molecular weight is 449 g/mol. The first kappa shape index (κ1) is 23.5. The molecule has 0 aliphatic carbocycles. The van der Waals surface area contributed by atoms with Crippen molar-refractivity contribution in [2.24, 2.45) is 17.3 Å². The summed E-state index contributed by atoms with van der Waals surface area (Å²) in [5, 5.41) is 13.7. The Balaban J connectivity index is 0.000000339. The number of hydrogen-bond donors (Lipinski definition) is 2. The van der Waals surface area contributed by atoms with Gasteiger partial charge in [0.05, 0.1) is 19.4 Å². The van der Waals surface area contributed by atoms with Gasteiger partial charge in [-0.15, -0.1) is 0 Å². The van der Waals surface area contributed by atoms with E-state index in [0.717, 1.165) is 64.8 Å². The number of ether oxygens (including phenoxy) is 2. The van der Waals surface area contributed by atoms with Crippen LogP contribution in [0, 0.1) is 17.3 Å². The number of alkyl halides is 3. The fraction of sp³-hybridized carbons (Fsp3) is 0.737. The van der Waals surface area contributed by atoms with Crippen molar-refractivity contribution in [3.05, 3.63) is 18.0 Å². The van der Waals surface area contributed by atoms with Crippen LogP contribution in [0.4, 0.5) is 13.2 Å². The number of nitrogens with one attached hydrogen (secondary N) is 1. The molecule has 4 heterocycles. The Bertz CT molecular complexity index is 739. The summed E-state index contributed by atoms with van der Waals surface area (Å²) in [6.07, 6.45) is -1.28. The number of amides is 1.